The zero-order valence-corrected chi connectivity index (χ0v) is 14.1. The number of nitrogens with one attached hydrogen (secondary N) is 1. The molecule has 22 heavy (non-hydrogen) atoms. The molecule has 1 N–H and O–H groups in total. The molecule has 0 aliphatic rings. The molecule has 0 aliphatic carbocycles. The maximum atomic E-state index is 11.7. The number of rotatable bonds is 7. The molecular weight excluding hydrogens is 296 g/mol. The van der Waals surface area contributed by atoms with Crippen molar-refractivity contribution < 1.29 is 4.79 Å². The van der Waals surface area contributed by atoms with Crippen LogP contribution in [0.25, 0.3) is 11.4 Å². The largest absolute Gasteiger partial charge is 0.355 e. The molecule has 1 amide bonds. The molecule has 0 fully saturated rings. The number of aromatic nitrogens is 3. The normalized spacial score (nSPS) is 10.7. The smallest absolute Gasteiger partial charge is 0.230 e. The quantitative estimate of drug-likeness (QED) is 0.630. The monoisotopic (exact) mass is 318 g/mol. The Kier molecular flexibility index (Phi) is 6.00. The number of benzene rings is 1. The predicted molar refractivity (Wildman–Crippen MR) is 89.8 cm³/mol. The van der Waals surface area contributed by atoms with Gasteiger partial charge in [-0.1, -0.05) is 54.9 Å². The van der Waals surface area contributed by atoms with Crippen molar-refractivity contribution in [3.05, 3.63) is 29.8 Å². The van der Waals surface area contributed by atoms with Gasteiger partial charge in [0.25, 0.3) is 0 Å². The van der Waals surface area contributed by atoms with Crippen LogP contribution in [-0.2, 0) is 11.8 Å². The molecule has 0 bridgehead atoms. The summed E-state index contributed by atoms with van der Waals surface area (Å²) >= 11 is 1.41. The van der Waals surface area contributed by atoms with Crippen LogP contribution in [0, 0.1) is 6.92 Å². The first-order valence-electron chi connectivity index (χ1n) is 7.47. The Bertz CT molecular complexity index is 622. The summed E-state index contributed by atoms with van der Waals surface area (Å²) in [5.41, 5.74) is 2.24. The van der Waals surface area contributed by atoms with Crippen LogP contribution in [0.1, 0.15) is 25.3 Å². The van der Waals surface area contributed by atoms with Gasteiger partial charge in [-0.15, -0.1) is 10.2 Å². The van der Waals surface area contributed by atoms with Gasteiger partial charge in [-0.05, 0) is 13.3 Å². The van der Waals surface area contributed by atoms with Crippen molar-refractivity contribution >= 4 is 17.7 Å². The summed E-state index contributed by atoms with van der Waals surface area (Å²) in [4.78, 5) is 11.7. The lowest BCUT2D eigenvalue weighted by Gasteiger charge is -2.05. The van der Waals surface area contributed by atoms with Crippen LogP contribution in [0.2, 0.25) is 0 Å². The van der Waals surface area contributed by atoms with Gasteiger partial charge in [0.2, 0.25) is 5.91 Å². The second-order valence-corrected chi connectivity index (χ2v) is 6.17. The number of unbranched alkanes of at least 4 members (excludes halogenated alkanes) is 1. The molecule has 6 heteroatoms. The maximum absolute atomic E-state index is 11.7. The van der Waals surface area contributed by atoms with Crippen molar-refractivity contribution in [2.45, 2.75) is 31.8 Å². The molecule has 5 nitrogen and oxygen atoms in total. The van der Waals surface area contributed by atoms with E-state index >= 15 is 0 Å². The van der Waals surface area contributed by atoms with Crippen LogP contribution in [0.4, 0.5) is 0 Å². The van der Waals surface area contributed by atoms with E-state index in [1.54, 1.807) is 0 Å². The number of carbonyl (C=O) groups is 1. The van der Waals surface area contributed by atoms with Gasteiger partial charge in [-0.25, -0.2) is 0 Å². The standard InChI is InChI=1S/C16H22N4OS/c1-4-5-10-17-14(21)11-22-16-19-18-15(20(16)3)13-8-6-12(2)7-9-13/h6-9H,4-5,10-11H2,1-3H3,(H,17,21). The number of hydrogen-bond acceptors (Lipinski definition) is 4. The summed E-state index contributed by atoms with van der Waals surface area (Å²) < 4.78 is 1.93. The van der Waals surface area contributed by atoms with Crippen LogP contribution in [-0.4, -0.2) is 33.0 Å². The minimum Gasteiger partial charge on any atom is -0.355 e. The highest BCUT2D eigenvalue weighted by Gasteiger charge is 2.12. The predicted octanol–water partition coefficient (Wildman–Crippen LogP) is 2.80. The molecule has 0 saturated heterocycles. The zero-order chi connectivity index (χ0) is 15.9. The molecule has 1 aromatic heterocycles. The average molecular weight is 318 g/mol. The summed E-state index contributed by atoms with van der Waals surface area (Å²) in [6.45, 7) is 4.90. The number of thioether (sulfide) groups is 1. The Labute approximate surface area is 135 Å². The van der Waals surface area contributed by atoms with Gasteiger partial charge in [-0.3, -0.25) is 4.79 Å². The molecule has 0 saturated carbocycles. The molecule has 1 heterocycles. The molecule has 118 valence electrons. The van der Waals surface area contributed by atoms with Crippen molar-refractivity contribution in [2.75, 3.05) is 12.3 Å². The van der Waals surface area contributed by atoms with Crippen LogP contribution in [0.15, 0.2) is 29.4 Å². The van der Waals surface area contributed by atoms with E-state index in [1.807, 2.05) is 23.7 Å². The number of hydrogen-bond donors (Lipinski definition) is 1. The van der Waals surface area contributed by atoms with Gasteiger partial charge in [0.1, 0.15) is 0 Å². The molecule has 0 unspecified atom stereocenters. The summed E-state index contributed by atoms with van der Waals surface area (Å²) in [7, 11) is 1.92. The zero-order valence-electron chi connectivity index (χ0n) is 13.3. The Morgan fingerprint density at radius 2 is 2.00 bits per heavy atom. The minimum atomic E-state index is 0.0401. The summed E-state index contributed by atoms with van der Waals surface area (Å²) in [5.74, 6) is 1.22. The molecule has 2 rings (SSSR count). The highest BCUT2D eigenvalue weighted by atomic mass is 32.2. The molecule has 0 atom stereocenters. The summed E-state index contributed by atoms with van der Waals surface area (Å²) in [6.07, 6.45) is 2.09. The van der Waals surface area contributed by atoms with Gasteiger partial charge in [0.15, 0.2) is 11.0 Å². The van der Waals surface area contributed by atoms with Gasteiger partial charge >= 0.3 is 0 Å². The Morgan fingerprint density at radius 3 is 2.68 bits per heavy atom. The number of carbonyl (C=O) groups excluding carboxylic acids is 1. The van der Waals surface area contributed by atoms with Gasteiger partial charge in [0.05, 0.1) is 5.75 Å². The summed E-state index contributed by atoms with van der Waals surface area (Å²) in [5, 5.41) is 12.1. The van der Waals surface area contributed by atoms with Crippen molar-refractivity contribution in [1.82, 2.24) is 20.1 Å². The van der Waals surface area contributed by atoms with Crippen LogP contribution < -0.4 is 5.32 Å². The van der Waals surface area contributed by atoms with E-state index in [9.17, 15) is 4.79 Å². The molecule has 0 spiro atoms. The fourth-order valence-electron chi connectivity index (χ4n) is 1.98. The lowest BCUT2D eigenvalue weighted by Crippen LogP contribution is -2.26. The van der Waals surface area contributed by atoms with Gasteiger partial charge < -0.3 is 9.88 Å². The van der Waals surface area contributed by atoms with E-state index in [-0.39, 0.29) is 5.91 Å². The second-order valence-electron chi connectivity index (χ2n) is 5.22. The average Bonchev–Trinajstić information content (AvgIpc) is 2.87. The van der Waals surface area contributed by atoms with E-state index < -0.39 is 0 Å². The van der Waals surface area contributed by atoms with Crippen molar-refractivity contribution in [3.63, 3.8) is 0 Å². The van der Waals surface area contributed by atoms with Crippen LogP contribution in [0.5, 0.6) is 0 Å². The van der Waals surface area contributed by atoms with Gasteiger partial charge in [-0.2, -0.15) is 0 Å². The molecule has 0 aliphatic heterocycles. The van der Waals surface area contributed by atoms with Crippen LogP contribution in [0.3, 0.4) is 0 Å². The Morgan fingerprint density at radius 1 is 1.27 bits per heavy atom. The van der Waals surface area contributed by atoms with Crippen LogP contribution >= 0.6 is 11.8 Å². The van der Waals surface area contributed by atoms with Crippen molar-refractivity contribution in [3.8, 4) is 11.4 Å². The molecule has 0 radical (unpaired) electrons. The highest BCUT2D eigenvalue weighted by molar-refractivity contribution is 7.99. The van der Waals surface area contributed by atoms with Crippen molar-refractivity contribution in [1.29, 1.82) is 0 Å². The number of nitrogens with zero attached hydrogens (tertiary/aromatic N) is 3. The number of amides is 1. The Balaban J connectivity index is 1.96. The van der Waals surface area contributed by atoms with E-state index in [4.69, 9.17) is 0 Å². The van der Waals surface area contributed by atoms with Crippen molar-refractivity contribution in [2.24, 2.45) is 7.05 Å². The first-order chi connectivity index (χ1) is 10.6. The lowest BCUT2D eigenvalue weighted by atomic mass is 10.1. The highest BCUT2D eigenvalue weighted by Crippen LogP contribution is 2.22. The Hall–Kier alpha value is -1.82. The van der Waals surface area contributed by atoms with E-state index in [0.29, 0.717) is 5.75 Å². The minimum absolute atomic E-state index is 0.0401. The van der Waals surface area contributed by atoms with Gasteiger partial charge in [0, 0.05) is 19.2 Å². The fraction of sp³-hybridized carbons (Fsp3) is 0.438. The topological polar surface area (TPSA) is 59.8 Å². The first kappa shape index (κ1) is 16.5. The second kappa shape index (κ2) is 7.98. The third-order valence-corrected chi connectivity index (χ3v) is 4.35. The lowest BCUT2D eigenvalue weighted by molar-refractivity contribution is -0.118. The SMILES string of the molecule is CCCCNC(=O)CSc1nnc(-c2ccc(C)cc2)n1C. The third kappa shape index (κ3) is 4.34. The first-order valence-corrected chi connectivity index (χ1v) is 8.46. The third-order valence-electron chi connectivity index (χ3n) is 3.33. The van der Waals surface area contributed by atoms with E-state index in [2.05, 4.69) is 41.5 Å². The van der Waals surface area contributed by atoms with E-state index in [0.717, 1.165) is 35.9 Å². The molecule has 2 aromatic rings. The summed E-state index contributed by atoms with van der Waals surface area (Å²) in [6, 6.07) is 8.17. The fourth-order valence-corrected chi connectivity index (χ4v) is 2.72. The molecular formula is C16H22N4OS. The van der Waals surface area contributed by atoms with E-state index in [1.165, 1.54) is 17.3 Å². The number of aryl methyl sites for hydroxylation is 1. The molecule has 1 aromatic carbocycles. The maximum Gasteiger partial charge on any atom is 0.230 e.